The summed E-state index contributed by atoms with van der Waals surface area (Å²) >= 11 is 0. The highest BCUT2D eigenvalue weighted by atomic mass is 16.6. The first-order valence-corrected chi connectivity index (χ1v) is 7.75. The van der Waals surface area contributed by atoms with Crippen LogP contribution in [0.15, 0.2) is 18.2 Å². The van der Waals surface area contributed by atoms with Crippen LogP contribution in [0.2, 0.25) is 0 Å². The maximum atomic E-state index is 12.1. The lowest BCUT2D eigenvalue weighted by molar-refractivity contribution is 0.0240. The van der Waals surface area contributed by atoms with E-state index in [1.54, 1.807) is 23.1 Å². The monoisotopic (exact) mass is 320 g/mol. The van der Waals surface area contributed by atoms with Crippen molar-refractivity contribution in [3.8, 4) is 5.75 Å². The first kappa shape index (κ1) is 17.1. The number of carbonyl (C=O) groups excluding carboxylic acids is 2. The summed E-state index contributed by atoms with van der Waals surface area (Å²) in [6.07, 6.45) is -0.321. The Bertz CT molecular complexity index is 599. The SMILES string of the molecule is CC(=O)c1cccc(N2CCN(C(=O)OC(C)(C)C)CC2)c1O. The normalized spacial score (nSPS) is 15.5. The Morgan fingerprint density at radius 1 is 1.13 bits per heavy atom. The molecule has 0 unspecified atom stereocenters. The molecule has 0 aliphatic carbocycles. The lowest BCUT2D eigenvalue weighted by Gasteiger charge is -2.37. The van der Waals surface area contributed by atoms with E-state index in [1.807, 2.05) is 25.7 Å². The van der Waals surface area contributed by atoms with Crippen LogP contribution in [0.1, 0.15) is 38.1 Å². The Labute approximate surface area is 136 Å². The molecular formula is C17H24N2O4. The second-order valence-electron chi connectivity index (χ2n) is 6.68. The summed E-state index contributed by atoms with van der Waals surface area (Å²) in [6, 6.07) is 5.15. The fourth-order valence-corrected chi connectivity index (χ4v) is 2.53. The van der Waals surface area contributed by atoms with E-state index in [2.05, 4.69) is 0 Å². The van der Waals surface area contributed by atoms with Gasteiger partial charge in [0.15, 0.2) is 5.78 Å². The minimum atomic E-state index is -0.512. The second kappa shape index (κ2) is 6.48. The molecule has 1 heterocycles. The number of Topliss-reactive ketones (excluding diaryl/α,β-unsaturated/α-hetero) is 1. The largest absolute Gasteiger partial charge is 0.505 e. The van der Waals surface area contributed by atoms with Gasteiger partial charge < -0.3 is 19.6 Å². The van der Waals surface area contributed by atoms with Crippen LogP contribution in [0.5, 0.6) is 5.75 Å². The van der Waals surface area contributed by atoms with Crippen molar-refractivity contribution in [2.45, 2.75) is 33.3 Å². The Kier molecular flexibility index (Phi) is 4.82. The van der Waals surface area contributed by atoms with Crippen LogP contribution in [0.3, 0.4) is 0 Å². The molecule has 0 radical (unpaired) electrons. The van der Waals surface area contributed by atoms with Gasteiger partial charge >= 0.3 is 6.09 Å². The molecule has 23 heavy (non-hydrogen) atoms. The molecule has 2 rings (SSSR count). The van der Waals surface area contributed by atoms with Crippen molar-refractivity contribution in [2.24, 2.45) is 0 Å². The number of phenolic OH excluding ortho intramolecular Hbond substituents is 1. The molecule has 1 aliphatic heterocycles. The highest BCUT2D eigenvalue weighted by molar-refractivity contribution is 5.98. The van der Waals surface area contributed by atoms with Crippen LogP contribution in [0.25, 0.3) is 0 Å². The van der Waals surface area contributed by atoms with Gasteiger partial charge in [-0.05, 0) is 39.8 Å². The molecule has 1 aromatic rings. The van der Waals surface area contributed by atoms with Gasteiger partial charge in [0.2, 0.25) is 0 Å². The van der Waals surface area contributed by atoms with Crippen molar-refractivity contribution >= 4 is 17.6 Å². The number of piperazine rings is 1. The molecule has 1 aliphatic rings. The highest BCUT2D eigenvalue weighted by Gasteiger charge is 2.27. The minimum absolute atomic E-state index is 0.00529. The summed E-state index contributed by atoms with van der Waals surface area (Å²) in [7, 11) is 0. The molecule has 0 aromatic heterocycles. The van der Waals surface area contributed by atoms with Gasteiger partial charge in [0.1, 0.15) is 11.4 Å². The standard InChI is InChI=1S/C17H24N2O4/c1-12(20)13-6-5-7-14(15(13)21)18-8-10-19(11-9-18)16(22)23-17(2,3)4/h5-7,21H,8-11H2,1-4H3. The molecule has 6 heteroatoms. The van der Waals surface area contributed by atoms with Crippen molar-refractivity contribution in [2.75, 3.05) is 31.1 Å². The van der Waals surface area contributed by atoms with Gasteiger partial charge in [-0.3, -0.25) is 4.79 Å². The average Bonchev–Trinajstić information content (AvgIpc) is 2.45. The quantitative estimate of drug-likeness (QED) is 0.848. The molecule has 1 aromatic carbocycles. The van der Waals surface area contributed by atoms with E-state index >= 15 is 0 Å². The zero-order valence-electron chi connectivity index (χ0n) is 14.1. The number of carbonyl (C=O) groups is 2. The van der Waals surface area contributed by atoms with Crippen molar-refractivity contribution in [3.63, 3.8) is 0 Å². The summed E-state index contributed by atoms with van der Waals surface area (Å²) in [5, 5.41) is 10.3. The first-order valence-electron chi connectivity index (χ1n) is 7.75. The van der Waals surface area contributed by atoms with E-state index in [0.29, 0.717) is 37.4 Å². The third kappa shape index (κ3) is 4.15. The Morgan fingerprint density at radius 2 is 1.74 bits per heavy atom. The predicted octanol–water partition coefficient (Wildman–Crippen LogP) is 2.65. The number of amides is 1. The number of para-hydroxylation sites is 1. The van der Waals surface area contributed by atoms with Crippen molar-refractivity contribution in [1.82, 2.24) is 4.90 Å². The summed E-state index contributed by atoms with van der Waals surface area (Å²) < 4.78 is 5.37. The number of hydrogen-bond donors (Lipinski definition) is 1. The number of ether oxygens (including phenoxy) is 1. The first-order chi connectivity index (χ1) is 10.7. The highest BCUT2D eigenvalue weighted by Crippen LogP contribution is 2.31. The predicted molar refractivity (Wildman–Crippen MR) is 88.1 cm³/mol. The van der Waals surface area contributed by atoms with Gasteiger partial charge in [0, 0.05) is 26.2 Å². The lowest BCUT2D eigenvalue weighted by Crippen LogP contribution is -2.50. The molecule has 1 saturated heterocycles. The molecule has 0 spiro atoms. The minimum Gasteiger partial charge on any atom is -0.505 e. The number of benzene rings is 1. The summed E-state index contributed by atoms with van der Waals surface area (Å²) in [5.74, 6) is -0.164. The van der Waals surface area contributed by atoms with E-state index in [-0.39, 0.29) is 17.6 Å². The van der Waals surface area contributed by atoms with Crippen LogP contribution in [0.4, 0.5) is 10.5 Å². The van der Waals surface area contributed by atoms with E-state index in [0.717, 1.165) is 0 Å². The van der Waals surface area contributed by atoms with Crippen LogP contribution >= 0.6 is 0 Å². The van der Waals surface area contributed by atoms with Crippen molar-refractivity contribution in [3.05, 3.63) is 23.8 Å². The zero-order valence-corrected chi connectivity index (χ0v) is 14.1. The van der Waals surface area contributed by atoms with Crippen molar-refractivity contribution in [1.29, 1.82) is 0 Å². The van der Waals surface area contributed by atoms with E-state index in [1.165, 1.54) is 6.92 Å². The third-order valence-electron chi connectivity index (χ3n) is 3.67. The molecule has 1 amide bonds. The molecule has 0 saturated carbocycles. The number of hydrogen-bond acceptors (Lipinski definition) is 5. The third-order valence-corrected chi connectivity index (χ3v) is 3.67. The average molecular weight is 320 g/mol. The van der Waals surface area contributed by atoms with Crippen molar-refractivity contribution < 1.29 is 19.4 Å². The smallest absolute Gasteiger partial charge is 0.410 e. The van der Waals surface area contributed by atoms with E-state index in [4.69, 9.17) is 4.74 Å². The van der Waals surface area contributed by atoms with E-state index < -0.39 is 5.60 Å². The number of aromatic hydroxyl groups is 1. The van der Waals surface area contributed by atoms with Gasteiger partial charge in [-0.2, -0.15) is 0 Å². The van der Waals surface area contributed by atoms with Gasteiger partial charge in [-0.15, -0.1) is 0 Å². The molecule has 6 nitrogen and oxygen atoms in total. The van der Waals surface area contributed by atoms with Gasteiger partial charge in [-0.1, -0.05) is 6.07 Å². The summed E-state index contributed by atoms with van der Waals surface area (Å²) in [4.78, 5) is 27.2. The number of ketones is 1. The fraction of sp³-hybridized carbons (Fsp3) is 0.529. The second-order valence-corrected chi connectivity index (χ2v) is 6.68. The molecule has 0 bridgehead atoms. The Balaban J connectivity index is 2.04. The molecule has 126 valence electrons. The zero-order chi connectivity index (χ0) is 17.2. The molecular weight excluding hydrogens is 296 g/mol. The van der Waals surface area contributed by atoms with Gasteiger partial charge in [0.05, 0.1) is 11.3 Å². The van der Waals surface area contributed by atoms with E-state index in [9.17, 15) is 14.7 Å². The Morgan fingerprint density at radius 3 is 2.26 bits per heavy atom. The van der Waals surface area contributed by atoms with Gasteiger partial charge in [0.25, 0.3) is 0 Å². The van der Waals surface area contributed by atoms with Crippen LogP contribution in [-0.2, 0) is 4.74 Å². The maximum absolute atomic E-state index is 12.1. The summed E-state index contributed by atoms with van der Waals surface area (Å²) in [6.45, 7) is 9.13. The van der Waals surface area contributed by atoms with Gasteiger partial charge in [-0.25, -0.2) is 4.79 Å². The molecule has 1 N–H and O–H groups in total. The summed E-state index contributed by atoms with van der Waals surface area (Å²) in [5.41, 5.74) is 0.432. The lowest BCUT2D eigenvalue weighted by atomic mass is 10.1. The molecule has 1 fully saturated rings. The number of nitrogens with zero attached hydrogens (tertiary/aromatic N) is 2. The number of phenols is 1. The molecule has 0 atom stereocenters. The fourth-order valence-electron chi connectivity index (χ4n) is 2.53. The van der Waals surface area contributed by atoms with Crippen LogP contribution in [-0.4, -0.2) is 53.7 Å². The topological polar surface area (TPSA) is 70.1 Å². The number of rotatable bonds is 2. The van der Waals surface area contributed by atoms with Crippen LogP contribution < -0.4 is 4.90 Å². The number of anilines is 1. The van der Waals surface area contributed by atoms with Crippen LogP contribution in [0, 0.1) is 0 Å². The maximum Gasteiger partial charge on any atom is 0.410 e. The Hall–Kier alpha value is -2.24.